The Morgan fingerprint density at radius 2 is 1.96 bits per heavy atom. The van der Waals surface area contributed by atoms with Gasteiger partial charge in [0.1, 0.15) is 18.8 Å². The lowest BCUT2D eigenvalue weighted by Gasteiger charge is -2.13. The number of hydrogen-bond acceptors (Lipinski definition) is 6. The topological polar surface area (TPSA) is 105 Å². The molecule has 0 atom stereocenters. The first-order chi connectivity index (χ1) is 12.4. The average Bonchev–Trinajstić information content (AvgIpc) is 2.86. The highest BCUT2D eigenvalue weighted by Crippen LogP contribution is 2.17. The van der Waals surface area contributed by atoms with Crippen LogP contribution in [-0.2, 0) is 25.5 Å². The van der Waals surface area contributed by atoms with Crippen LogP contribution in [0.5, 0.6) is 5.75 Å². The van der Waals surface area contributed by atoms with Crippen LogP contribution in [0.25, 0.3) is 0 Å². The lowest BCUT2D eigenvalue weighted by molar-refractivity contribution is -0.150. The molecule has 1 aromatic carbocycles. The predicted octanol–water partition coefficient (Wildman–Crippen LogP) is -0.209. The summed E-state index contributed by atoms with van der Waals surface area (Å²) in [5, 5.41) is 2.63. The first-order valence-electron chi connectivity index (χ1n) is 8.02. The van der Waals surface area contributed by atoms with Gasteiger partial charge in [-0.1, -0.05) is 18.2 Å². The van der Waals surface area contributed by atoms with Crippen molar-refractivity contribution in [1.82, 2.24) is 15.1 Å². The normalized spacial score (nSPS) is 13.8. The molecule has 0 bridgehead atoms. The Balaban J connectivity index is 1.69. The summed E-state index contributed by atoms with van der Waals surface area (Å²) in [4.78, 5) is 48.6. The minimum atomic E-state index is -0.818. The third-order valence-electron chi connectivity index (χ3n) is 3.79. The van der Waals surface area contributed by atoms with Gasteiger partial charge in [0, 0.05) is 13.6 Å². The van der Waals surface area contributed by atoms with E-state index in [0.29, 0.717) is 13.0 Å². The van der Waals surface area contributed by atoms with Crippen molar-refractivity contribution in [3.05, 3.63) is 29.8 Å². The molecule has 1 heterocycles. The van der Waals surface area contributed by atoms with Gasteiger partial charge in [-0.25, -0.2) is 4.79 Å². The summed E-state index contributed by atoms with van der Waals surface area (Å²) < 4.78 is 10.0. The van der Waals surface area contributed by atoms with Crippen molar-refractivity contribution in [2.45, 2.75) is 6.42 Å². The molecule has 1 N–H and O–H groups in total. The summed E-state index contributed by atoms with van der Waals surface area (Å²) in [7, 11) is 3.03. The van der Waals surface area contributed by atoms with Crippen LogP contribution in [0.2, 0.25) is 0 Å². The van der Waals surface area contributed by atoms with E-state index in [4.69, 9.17) is 9.47 Å². The molecule has 2 rings (SSSR count). The molecule has 1 fully saturated rings. The summed E-state index contributed by atoms with van der Waals surface area (Å²) in [5.41, 5.74) is 0.947. The second kappa shape index (κ2) is 8.84. The maximum atomic E-state index is 11.7. The van der Waals surface area contributed by atoms with E-state index < -0.39 is 37.0 Å². The molecule has 9 heteroatoms. The van der Waals surface area contributed by atoms with Crippen molar-refractivity contribution in [1.29, 1.82) is 0 Å². The number of carbonyl (C=O) groups is 4. The van der Waals surface area contributed by atoms with Gasteiger partial charge in [-0.3, -0.25) is 19.3 Å². The molecule has 1 aromatic rings. The summed E-state index contributed by atoms with van der Waals surface area (Å²) in [6, 6.07) is 6.89. The Hall–Kier alpha value is -3.10. The zero-order valence-electron chi connectivity index (χ0n) is 14.7. The van der Waals surface area contributed by atoms with Crippen LogP contribution in [0.3, 0.4) is 0 Å². The first-order valence-corrected chi connectivity index (χ1v) is 8.02. The quantitative estimate of drug-likeness (QED) is 0.506. The largest absolute Gasteiger partial charge is 0.496 e. The van der Waals surface area contributed by atoms with E-state index >= 15 is 0 Å². The number of imide groups is 1. The van der Waals surface area contributed by atoms with Crippen LogP contribution in [0.15, 0.2) is 24.3 Å². The second-order valence-corrected chi connectivity index (χ2v) is 5.69. The number of ether oxygens (including phenoxy) is 2. The summed E-state index contributed by atoms with van der Waals surface area (Å²) >= 11 is 0. The number of methoxy groups -OCH3 is 1. The van der Waals surface area contributed by atoms with Gasteiger partial charge in [0.05, 0.1) is 7.11 Å². The van der Waals surface area contributed by atoms with E-state index in [0.717, 1.165) is 16.2 Å². The average molecular weight is 363 g/mol. The van der Waals surface area contributed by atoms with Gasteiger partial charge < -0.3 is 19.7 Å². The van der Waals surface area contributed by atoms with E-state index in [1.807, 2.05) is 24.3 Å². The smallest absolute Gasteiger partial charge is 0.327 e. The fourth-order valence-electron chi connectivity index (χ4n) is 2.44. The van der Waals surface area contributed by atoms with Gasteiger partial charge in [0.15, 0.2) is 6.61 Å². The number of esters is 1. The van der Waals surface area contributed by atoms with E-state index in [2.05, 4.69) is 5.32 Å². The van der Waals surface area contributed by atoms with Gasteiger partial charge in [-0.2, -0.15) is 0 Å². The maximum Gasteiger partial charge on any atom is 0.327 e. The predicted molar refractivity (Wildman–Crippen MR) is 90.4 cm³/mol. The maximum absolute atomic E-state index is 11.7. The van der Waals surface area contributed by atoms with E-state index in [1.54, 1.807) is 7.11 Å². The SMILES string of the molecule is COc1ccccc1CCNC(=O)COC(=O)CN1C(=O)CN(C)C1=O. The zero-order valence-corrected chi connectivity index (χ0v) is 14.7. The molecule has 0 aliphatic carbocycles. The fraction of sp³-hybridized carbons (Fsp3) is 0.412. The number of amides is 4. The monoisotopic (exact) mass is 363 g/mol. The third-order valence-corrected chi connectivity index (χ3v) is 3.79. The molecule has 0 aromatic heterocycles. The number of rotatable bonds is 8. The Labute approximate surface area is 150 Å². The van der Waals surface area contributed by atoms with Crippen molar-refractivity contribution >= 4 is 23.8 Å². The van der Waals surface area contributed by atoms with E-state index in [1.165, 1.54) is 11.9 Å². The molecule has 0 spiro atoms. The molecule has 1 aliphatic rings. The molecule has 0 saturated carbocycles. The number of para-hydroxylation sites is 1. The van der Waals surface area contributed by atoms with Crippen molar-refractivity contribution in [3.63, 3.8) is 0 Å². The first kappa shape index (κ1) is 19.2. The number of benzene rings is 1. The minimum Gasteiger partial charge on any atom is -0.496 e. The summed E-state index contributed by atoms with van der Waals surface area (Å²) in [6.45, 7) is -0.701. The standard InChI is InChI=1S/C17H21N3O6/c1-19-9-15(22)20(17(19)24)10-16(23)26-11-14(21)18-8-7-12-5-3-4-6-13(12)25-2/h3-6H,7-11H2,1-2H3,(H,18,21). The lowest BCUT2D eigenvalue weighted by Crippen LogP contribution is -2.38. The van der Waals surface area contributed by atoms with Gasteiger partial charge >= 0.3 is 12.0 Å². The highest BCUT2D eigenvalue weighted by atomic mass is 16.5. The molecular formula is C17H21N3O6. The molecule has 9 nitrogen and oxygen atoms in total. The molecule has 1 saturated heterocycles. The molecule has 1 aliphatic heterocycles. The number of nitrogens with zero attached hydrogens (tertiary/aromatic N) is 2. The van der Waals surface area contributed by atoms with Crippen LogP contribution in [-0.4, -0.2) is 74.0 Å². The highest BCUT2D eigenvalue weighted by molar-refractivity contribution is 6.04. The Kier molecular flexibility index (Phi) is 6.54. The number of urea groups is 1. The Bertz CT molecular complexity index is 705. The molecule has 0 unspecified atom stereocenters. The number of nitrogens with one attached hydrogen (secondary N) is 1. The number of carbonyl (C=O) groups excluding carboxylic acids is 4. The van der Waals surface area contributed by atoms with Crippen LogP contribution >= 0.6 is 0 Å². The van der Waals surface area contributed by atoms with Crippen LogP contribution in [0.1, 0.15) is 5.56 Å². The molecule has 0 radical (unpaired) electrons. The summed E-state index contributed by atoms with van der Waals surface area (Å²) in [5.74, 6) is -1.03. The molecule has 140 valence electrons. The number of likely N-dealkylation sites (N-methyl/N-ethyl adjacent to an activating group) is 1. The van der Waals surface area contributed by atoms with E-state index in [-0.39, 0.29) is 6.54 Å². The third kappa shape index (κ3) is 4.95. The molecule has 26 heavy (non-hydrogen) atoms. The van der Waals surface area contributed by atoms with Crippen molar-refractivity contribution in [2.75, 3.05) is 40.4 Å². The number of hydrogen-bond donors (Lipinski definition) is 1. The second-order valence-electron chi connectivity index (χ2n) is 5.69. The van der Waals surface area contributed by atoms with Gasteiger partial charge in [0.25, 0.3) is 11.8 Å². The van der Waals surface area contributed by atoms with Gasteiger partial charge in [0.2, 0.25) is 0 Å². The Morgan fingerprint density at radius 1 is 1.23 bits per heavy atom. The zero-order chi connectivity index (χ0) is 19.1. The highest BCUT2D eigenvalue weighted by Gasteiger charge is 2.35. The van der Waals surface area contributed by atoms with Gasteiger partial charge in [-0.15, -0.1) is 0 Å². The molecular weight excluding hydrogens is 342 g/mol. The van der Waals surface area contributed by atoms with E-state index in [9.17, 15) is 19.2 Å². The Morgan fingerprint density at radius 3 is 2.62 bits per heavy atom. The van der Waals surface area contributed by atoms with Crippen molar-refractivity contribution in [3.8, 4) is 5.75 Å². The lowest BCUT2D eigenvalue weighted by atomic mass is 10.1. The van der Waals surface area contributed by atoms with Crippen molar-refractivity contribution in [2.24, 2.45) is 0 Å². The molecule has 4 amide bonds. The van der Waals surface area contributed by atoms with Crippen LogP contribution in [0, 0.1) is 0 Å². The minimum absolute atomic E-state index is 0.0739. The van der Waals surface area contributed by atoms with Crippen molar-refractivity contribution < 1.29 is 28.7 Å². The van der Waals surface area contributed by atoms with Crippen LogP contribution in [0.4, 0.5) is 4.79 Å². The fourth-order valence-corrected chi connectivity index (χ4v) is 2.44. The van der Waals surface area contributed by atoms with Crippen LogP contribution < -0.4 is 10.1 Å². The summed E-state index contributed by atoms with van der Waals surface area (Å²) in [6.07, 6.45) is 0.562. The van der Waals surface area contributed by atoms with Gasteiger partial charge in [-0.05, 0) is 18.1 Å².